The van der Waals surface area contributed by atoms with Crippen molar-refractivity contribution < 1.29 is 49.0 Å². The molecule has 3 rings (SSSR count). The third-order valence-electron chi connectivity index (χ3n) is 3.51. The summed E-state index contributed by atoms with van der Waals surface area (Å²) in [6.45, 7) is 0. The molecule has 0 aliphatic carbocycles. The second kappa shape index (κ2) is 7.26. The number of aliphatic carboxylic acids is 1. The fourth-order valence-corrected chi connectivity index (χ4v) is 4.82. The third kappa shape index (κ3) is 3.09. The van der Waals surface area contributed by atoms with Crippen molar-refractivity contribution in [3.63, 3.8) is 0 Å². The van der Waals surface area contributed by atoms with Crippen LogP contribution in [0.5, 0.6) is 0 Å². The van der Waals surface area contributed by atoms with Crippen LogP contribution in [0.2, 0.25) is 0 Å². The maximum absolute atomic E-state index is 12.3. The first-order valence-electron chi connectivity index (χ1n) is 6.35. The largest absolute Gasteiger partial charge is 1.00 e. The van der Waals surface area contributed by atoms with Gasteiger partial charge in [0, 0.05) is 11.3 Å². The molecule has 2 atom stereocenters. The first-order chi connectivity index (χ1) is 11.3. The van der Waals surface area contributed by atoms with Gasteiger partial charge in [-0.2, -0.15) is 0 Å². The normalized spacial score (nSPS) is 24.8. The van der Waals surface area contributed by atoms with Crippen LogP contribution in [0.15, 0.2) is 11.3 Å². The fraction of sp³-hybridized carbons (Fsp3) is 0.273. The van der Waals surface area contributed by atoms with Gasteiger partial charge in [0.25, 0.3) is 5.91 Å². The quantitative estimate of drug-likeness (QED) is 0.107. The number of nitrogen functional groups attached to an aromatic ring is 1. The number of fused-ring (bicyclic) bond motifs is 1. The fourth-order valence-electron chi connectivity index (χ4n) is 2.43. The molecule has 1 aromatic rings. The number of amides is 2. The van der Waals surface area contributed by atoms with Crippen LogP contribution in [0.25, 0.3) is 0 Å². The number of carbonyl (C=O) groups excluding carboxylic acids is 3. The summed E-state index contributed by atoms with van der Waals surface area (Å²) >= 11 is 7.43. The third-order valence-corrected chi connectivity index (χ3v) is 6.20. The van der Waals surface area contributed by atoms with E-state index >= 15 is 0 Å². The topological polar surface area (TPSA) is 167 Å². The summed E-state index contributed by atoms with van der Waals surface area (Å²) in [5, 5.41) is 20.9. The number of carbonyl (C=O) groups is 3. The average Bonchev–Trinajstić information content (AvgIpc) is 2.98. The van der Waals surface area contributed by atoms with Gasteiger partial charge in [-0.3, -0.25) is 20.2 Å². The van der Waals surface area contributed by atoms with Crippen molar-refractivity contribution >= 4 is 63.6 Å². The Bertz CT molecular complexity index is 813. The zero-order valence-electron chi connectivity index (χ0n) is 12.7. The minimum Gasteiger partial charge on any atom is -0.543 e. The number of nitrogens with two attached hydrogens (primary N) is 2. The van der Waals surface area contributed by atoms with Gasteiger partial charge in [0.1, 0.15) is 5.37 Å². The number of carboxylic acids is 1. The molecule has 126 valence electrons. The van der Waals surface area contributed by atoms with Crippen LogP contribution in [0.4, 0.5) is 5.13 Å². The molecule has 0 saturated carbocycles. The van der Waals surface area contributed by atoms with E-state index in [2.05, 4.69) is 15.5 Å². The predicted octanol–water partition coefficient (Wildman–Crippen LogP) is -5.84. The monoisotopic (exact) mass is 408 g/mol. The summed E-state index contributed by atoms with van der Waals surface area (Å²) in [5.41, 5.74) is 9.52. The number of hydrogen-bond acceptors (Lipinski definition) is 11. The Hall–Kier alpha value is -1.09. The van der Waals surface area contributed by atoms with Crippen molar-refractivity contribution in [3.8, 4) is 0 Å². The van der Waals surface area contributed by atoms with Gasteiger partial charge in [-0.25, -0.2) is 0 Å². The average molecular weight is 408 g/mol. The molecular formula is C11H9N6NaO4S3. The smallest absolute Gasteiger partial charge is 0.543 e. The summed E-state index contributed by atoms with van der Waals surface area (Å²) in [6.07, 6.45) is 0.294. The summed E-state index contributed by atoms with van der Waals surface area (Å²) in [7, 11) is 0. The second-order valence-corrected chi connectivity index (χ2v) is 7.34. The van der Waals surface area contributed by atoms with E-state index in [9.17, 15) is 19.5 Å². The van der Waals surface area contributed by atoms with E-state index in [0.717, 1.165) is 16.2 Å². The Morgan fingerprint density at radius 2 is 2.20 bits per heavy atom. The van der Waals surface area contributed by atoms with Crippen LogP contribution in [0.1, 0.15) is 5.01 Å². The van der Waals surface area contributed by atoms with E-state index in [1.54, 1.807) is 0 Å². The van der Waals surface area contributed by atoms with Crippen molar-refractivity contribution in [2.24, 2.45) is 5.73 Å². The Morgan fingerprint density at radius 1 is 1.52 bits per heavy atom. The number of rotatable bonds is 5. The molecule has 0 unspecified atom stereocenters. The second-order valence-electron chi connectivity index (χ2n) is 4.86. The first-order valence-corrected chi connectivity index (χ1v) is 8.62. The van der Waals surface area contributed by atoms with Crippen LogP contribution in [-0.4, -0.2) is 55.0 Å². The van der Waals surface area contributed by atoms with Crippen LogP contribution in [0, 0.1) is 0 Å². The van der Waals surface area contributed by atoms with E-state index in [1.807, 2.05) is 0 Å². The molecule has 2 amide bonds. The molecule has 10 nitrogen and oxygen atoms in total. The van der Waals surface area contributed by atoms with Crippen LogP contribution < -0.4 is 51.4 Å². The van der Waals surface area contributed by atoms with E-state index in [4.69, 9.17) is 23.7 Å². The molecule has 0 spiro atoms. The number of nitrogens with zero attached hydrogens (tertiary/aromatic N) is 3. The first kappa shape index (κ1) is 20.2. The number of aromatic nitrogens is 2. The number of thiocarbonyl (C=S) groups is 1. The standard InChI is InChI=1S/C11H10N6O4S3.Na/c12-10-16-15-6(24-10)5(22)3-1-23-9-11(13,14-2-18)8(21)17(9)4(3)7(19)20;/h2,9H,1,13H2,(H2,12,16)(H,14,18)(H,19,20);/q;+1/p-1/t9-,11-;/m0./s1. The number of carboxylic acid groups (broad SMARTS) is 1. The zero-order chi connectivity index (χ0) is 17.6. The number of hydrogen-bond donors (Lipinski definition) is 3. The maximum atomic E-state index is 12.3. The minimum absolute atomic E-state index is 0. The molecular weight excluding hydrogens is 399 g/mol. The Balaban J connectivity index is 0.00000225. The molecule has 5 N–H and O–H groups in total. The van der Waals surface area contributed by atoms with Crippen molar-refractivity contribution in [3.05, 3.63) is 16.3 Å². The molecule has 25 heavy (non-hydrogen) atoms. The molecule has 14 heteroatoms. The van der Waals surface area contributed by atoms with Crippen LogP contribution in [-0.2, 0) is 14.4 Å². The van der Waals surface area contributed by atoms with E-state index in [1.165, 1.54) is 11.8 Å². The van der Waals surface area contributed by atoms with Gasteiger partial charge in [-0.05, 0) is 0 Å². The van der Waals surface area contributed by atoms with Gasteiger partial charge in [0.2, 0.25) is 17.2 Å². The van der Waals surface area contributed by atoms with Crippen molar-refractivity contribution in [2.75, 3.05) is 11.5 Å². The van der Waals surface area contributed by atoms with E-state index in [0.29, 0.717) is 6.41 Å². The predicted molar refractivity (Wildman–Crippen MR) is 87.3 cm³/mol. The maximum Gasteiger partial charge on any atom is 1.00 e. The minimum atomic E-state index is -1.66. The molecule has 3 heterocycles. The van der Waals surface area contributed by atoms with Crippen molar-refractivity contribution in [1.82, 2.24) is 20.4 Å². The van der Waals surface area contributed by atoms with Gasteiger partial charge >= 0.3 is 29.6 Å². The summed E-state index contributed by atoms with van der Waals surface area (Å²) in [4.78, 5) is 35.6. The summed E-state index contributed by atoms with van der Waals surface area (Å²) in [6, 6.07) is 0. The molecule has 0 bridgehead atoms. The molecule has 1 saturated heterocycles. The Morgan fingerprint density at radius 3 is 2.72 bits per heavy atom. The Kier molecular flexibility index (Phi) is 5.88. The molecule has 0 radical (unpaired) electrons. The van der Waals surface area contributed by atoms with Gasteiger partial charge in [0.05, 0.1) is 16.5 Å². The molecule has 2 aliphatic heterocycles. The van der Waals surface area contributed by atoms with E-state index < -0.39 is 22.9 Å². The summed E-state index contributed by atoms with van der Waals surface area (Å²) in [5.74, 6) is -2.19. The molecule has 1 fully saturated rings. The molecule has 2 aliphatic rings. The Labute approximate surface area is 176 Å². The molecule has 1 aromatic heterocycles. The van der Waals surface area contributed by atoms with Crippen LogP contribution in [0.3, 0.4) is 0 Å². The van der Waals surface area contributed by atoms with E-state index in [-0.39, 0.29) is 61.6 Å². The van der Waals surface area contributed by atoms with Gasteiger partial charge in [-0.15, -0.1) is 22.0 Å². The zero-order valence-corrected chi connectivity index (χ0v) is 17.2. The number of anilines is 1. The van der Waals surface area contributed by atoms with Crippen molar-refractivity contribution in [1.29, 1.82) is 0 Å². The molecule has 0 aromatic carbocycles. The number of nitrogens with one attached hydrogen (secondary N) is 1. The van der Waals surface area contributed by atoms with Crippen molar-refractivity contribution in [2.45, 2.75) is 11.0 Å². The number of β-lactam (4-membered cyclic amide) rings is 1. The van der Waals surface area contributed by atoms with Crippen LogP contribution >= 0.6 is 35.3 Å². The van der Waals surface area contributed by atoms with Gasteiger partial charge in [-0.1, -0.05) is 23.6 Å². The number of thioether (sulfide) groups is 1. The van der Waals surface area contributed by atoms with Gasteiger partial charge < -0.3 is 21.0 Å². The SMILES string of the molecule is Nc1nnc(C(=S)C2=C(C(=O)[O-])N3C(=O)[C@](N)(NC=O)[C@@H]3SC2)s1.[Na+]. The van der Waals surface area contributed by atoms with Gasteiger partial charge in [0.15, 0.2) is 5.01 Å². The summed E-state index contributed by atoms with van der Waals surface area (Å²) < 4.78 is 0.